The van der Waals surface area contributed by atoms with Crippen LogP contribution in [0.4, 0.5) is 4.39 Å². The van der Waals surface area contributed by atoms with Crippen LogP contribution in [0.25, 0.3) is 11.1 Å². The first-order valence-corrected chi connectivity index (χ1v) is 7.87. The van der Waals surface area contributed by atoms with Crippen molar-refractivity contribution in [3.63, 3.8) is 0 Å². The molecule has 128 valence electrons. The van der Waals surface area contributed by atoms with Gasteiger partial charge >= 0.3 is 0 Å². The van der Waals surface area contributed by atoms with Crippen LogP contribution in [0, 0.1) is 5.82 Å². The van der Waals surface area contributed by atoms with Crippen molar-refractivity contribution in [1.82, 2.24) is 5.32 Å². The van der Waals surface area contributed by atoms with E-state index < -0.39 is 11.5 Å². The van der Waals surface area contributed by atoms with Crippen LogP contribution in [0.3, 0.4) is 0 Å². The average Bonchev–Trinajstić information content (AvgIpc) is 3.11. The minimum Gasteiger partial charge on any atom is -0.459 e. The minimum atomic E-state index is -1.33. The molecule has 5 heteroatoms. The van der Waals surface area contributed by atoms with E-state index in [0.717, 1.165) is 5.56 Å². The van der Waals surface area contributed by atoms with Crippen LogP contribution in [0.5, 0.6) is 0 Å². The van der Waals surface area contributed by atoms with E-state index in [0.29, 0.717) is 11.1 Å². The molecular formula is C20H18FNO3. The Labute approximate surface area is 144 Å². The molecule has 0 saturated carbocycles. The predicted molar refractivity (Wildman–Crippen MR) is 92.4 cm³/mol. The normalized spacial score (nSPS) is 13.2. The molecule has 3 aromatic rings. The van der Waals surface area contributed by atoms with Gasteiger partial charge in [-0.15, -0.1) is 0 Å². The van der Waals surface area contributed by atoms with Gasteiger partial charge in [0.1, 0.15) is 11.4 Å². The van der Waals surface area contributed by atoms with Crippen molar-refractivity contribution in [2.24, 2.45) is 0 Å². The van der Waals surface area contributed by atoms with E-state index in [1.165, 1.54) is 30.5 Å². The number of benzene rings is 2. The molecule has 2 aromatic carbocycles. The number of carbonyl (C=O) groups excluding carboxylic acids is 1. The summed E-state index contributed by atoms with van der Waals surface area (Å²) in [5.74, 6) is -0.626. The van der Waals surface area contributed by atoms with Gasteiger partial charge < -0.3 is 14.8 Å². The molecule has 1 unspecified atom stereocenters. The second-order valence-electron chi connectivity index (χ2n) is 5.99. The summed E-state index contributed by atoms with van der Waals surface area (Å²) in [6.45, 7) is 1.52. The summed E-state index contributed by atoms with van der Waals surface area (Å²) in [7, 11) is 0. The number of carbonyl (C=O) groups is 1. The van der Waals surface area contributed by atoms with Gasteiger partial charge in [0.2, 0.25) is 0 Å². The van der Waals surface area contributed by atoms with Crippen LogP contribution < -0.4 is 5.32 Å². The maximum Gasteiger partial charge on any atom is 0.287 e. The zero-order valence-corrected chi connectivity index (χ0v) is 13.7. The lowest BCUT2D eigenvalue weighted by Crippen LogP contribution is -2.38. The maximum absolute atomic E-state index is 13.0. The number of nitrogens with one attached hydrogen (secondary N) is 1. The Morgan fingerprint density at radius 2 is 1.80 bits per heavy atom. The fourth-order valence-electron chi connectivity index (χ4n) is 2.57. The van der Waals surface area contributed by atoms with Crippen LogP contribution in [-0.4, -0.2) is 17.6 Å². The third-order valence-corrected chi connectivity index (χ3v) is 4.02. The van der Waals surface area contributed by atoms with Gasteiger partial charge in [-0.05, 0) is 36.2 Å². The zero-order chi connectivity index (χ0) is 17.9. The van der Waals surface area contributed by atoms with Crippen LogP contribution in [0.2, 0.25) is 0 Å². The molecular weight excluding hydrogens is 321 g/mol. The quantitative estimate of drug-likeness (QED) is 0.745. The fourth-order valence-corrected chi connectivity index (χ4v) is 2.57. The van der Waals surface area contributed by atoms with Crippen LogP contribution in [0.1, 0.15) is 23.0 Å². The molecule has 0 saturated heterocycles. The van der Waals surface area contributed by atoms with E-state index in [2.05, 4.69) is 5.32 Å². The lowest BCUT2D eigenvalue weighted by Gasteiger charge is -2.24. The Morgan fingerprint density at radius 1 is 1.12 bits per heavy atom. The molecule has 0 aliphatic heterocycles. The highest BCUT2D eigenvalue weighted by molar-refractivity contribution is 5.98. The van der Waals surface area contributed by atoms with E-state index in [9.17, 15) is 14.3 Å². The highest BCUT2D eigenvalue weighted by atomic mass is 19.1. The molecule has 25 heavy (non-hydrogen) atoms. The summed E-state index contributed by atoms with van der Waals surface area (Å²) in [6, 6.07) is 16.7. The van der Waals surface area contributed by atoms with Gasteiger partial charge in [-0.1, -0.05) is 42.5 Å². The van der Waals surface area contributed by atoms with Gasteiger partial charge in [0, 0.05) is 5.56 Å². The van der Waals surface area contributed by atoms with Crippen molar-refractivity contribution < 1.29 is 18.7 Å². The second kappa shape index (κ2) is 6.91. The molecule has 3 rings (SSSR count). The third-order valence-electron chi connectivity index (χ3n) is 4.02. The van der Waals surface area contributed by atoms with Crippen molar-refractivity contribution in [3.8, 4) is 11.1 Å². The Kier molecular flexibility index (Phi) is 4.67. The number of hydrogen-bond donors (Lipinski definition) is 2. The number of rotatable bonds is 5. The molecule has 0 bridgehead atoms. The van der Waals surface area contributed by atoms with E-state index >= 15 is 0 Å². The molecule has 0 spiro atoms. The van der Waals surface area contributed by atoms with Gasteiger partial charge in [0.05, 0.1) is 12.8 Å². The molecule has 2 N–H and O–H groups in total. The molecule has 0 radical (unpaired) electrons. The Hall–Kier alpha value is -2.92. The molecule has 1 atom stereocenters. The first kappa shape index (κ1) is 16.9. The van der Waals surface area contributed by atoms with E-state index in [1.54, 1.807) is 13.0 Å². The second-order valence-corrected chi connectivity index (χ2v) is 5.99. The van der Waals surface area contributed by atoms with E-state index in [-0.39, 0.29) is 18.1 Å². The minimum absolute atomic E-state index is 0.0353. The molecule has 0 fully saturated rings. The fraction of sp³-hybridized carbons (Fsp3) is 0.150. The summed E-state index contributed by atoms with van der Waals surface area (Å²) in [6.07, 6.45) is 1.45. The van der Waals surface area contributed by atoms with Gasteiger partial charge in [-0.2, -0.15) is 0 Å². The van der Waals surface area contributed by atoms with Gasteiger partial charge in [0.25, 0.3) is 5.91 Å². The van der Waals surface area contributed by atoms with Crippen molar-refractivity contribution in [2.45, 2.75) is 12.5 Å². The lowest BCUT2D eigenvalue weighted by molar-refractivity contribution is 0.0518. The summed E-state index contributed by atoms with van der Waals surface area (Å²) in [5, 5.41) is 13.2. The highest BCUT2D eigenvalue weighted by Gasteiger charge is 2.25. The molecule has 0 aliphatic carbocycles. The topological polar surface area (TPSA) is 62.5 Å². The van der Waals surface area contributed by atoms with Crippen molar-refractivity contribution in [1.29, 1.82) is 0 Å². The maximum atomic E-state index is 13.0. The smallest absolute Gasteiger partial charge is 0.287 e. The van der Waals surface area contributed by atoms with Crippen molar-refractivity contribution in [3.05, 3.63) is 84.1 Å². The zero-order valence-electron chi connectivity index (χ0n) is 13.7. The Morgan fingerprint density at radius 3 is 2.48 bits per heavy atom. The first-order chi connectivity index (χ1) is 12.0. The lowest BCUT2D eigenvalue weighted by atomic mass is 9.96. The van der Waals surface area contributed by atoms with Gasteiger partial charge in [-0.3, -0.25) is 4.79 Å². The number of furan rings is 1. The molecule has 1 amide bonds. The van der Waals surface area contributed by atoms with Gasteiger partial charge in [0.15, 0.2) is 5.76 Å². The van der Waals surface area contributed by atoms with Crippen molar-refractivity contribution >= 4 is 5.91 Å². The predicted octanol–water partition coefficient (Wildman–Crippen LogP) is 3.72. The molecule has 1 aromatic heterocycles. The van der Waals surface area contributed by atoms with Crippen LogP contribution in [-0.2, 0) is 5.60 Å². The van der Waals surface area contributed by atoms with Crippen molar-refractivity contribution in [2.75, 3.05) is 6.54 Å². The number of hydrogen-bond acceptors (Lipinski definition) is 3. The molecule has 1 heterocycles. The number of amides is 1. The summed E-state index contributed by atoms with van der Waals surface area (Å²) < 4.78 is 18.3. The SMILES string of the molecule is CC(O)(CNC(=O)c1occc1-c1ccccc1)c1ccc(F)cc1. The standard InChI is InChI=1S/C20H18FNO3/c1-20(24,15-7-9-16(21)10-8-15)13-22-19(23)18-17(11-12-25-18)14-5-3-2-4-6-14/h2-12,24H,13H2,1H3,(H,22,23). The monoisotopic (exact) mass is 339 g/mol. The largest absolute Gasteiger partial charge is 0.459 e. The van der Waals surface area contributed by atoms with Crippen LogP contribution in [0.15, 0.2) is 71.3 Å². The summed E-state index contributed by atoms with van der Waals surface area (Å²) in [5.41, 5.74) is 0.728. The molecule has 4 nitrogen and oxygen atoms in total. The van der Waals surface area contributed by atoms with E-state index in [1.807, 2.05) is 30.3 Å². The van der Waals surface area contributed by atoms with Crippen LogP contribution >= 0.6 is 0 Å². The Balaban J connectivity index is 1.73. The highest BCUT2D eigenvalue weighted by Crippen LogP contribution is 2.25. The average molecular weight is 339 g/mol. The first-order valence-electron chi connectivity index (χ1n) is 7.87. The third kappa shape index (κ3) is 3.78. The number of halogens is 1. The molecule has 0 aliphatic rings. The Bertz CT molecular complexity index is 854. The summed E-state index contributed by atoms with van der Waals surface area (Å²) >= 11 is 0. The number of aliphatic hydroxyl groups is 1. The summed E-state index contributed by atoms with van der Waals surface area (Å²) in [4.78, 5) is 12.5. The van der Waals surface area contributed by atoms with E-state index in [4.69, 9.17) is 4.42 Å². The van der Waals surface area contributed by atoms with Gasteiger partial charge in [-0.25, -0.2) is 4.39 Å².